The van der Waals surface area contributed by atoms with Crippen LogP contribution in [0.25, 0.3) is 0 Å². The van der Waals surface area contributed by atoms with E-state index in [4.69, 9.17) is 14.6 Å². The summed E-state index contributed by atoms with van der Waals surface area (Å²) in [7, 11) is 1.69. The fourth-order valence-electron chi connectivity index (χ4n) is 3.81. The molecule has 1 saturated carbocycles. The summed E-state index contributed by atoms with van der Waals surface area (Å²) in [4.78, 5) is 13.0. The van der Waals surface area contributed by atoms with Gasteiger partial charge in [-0.25, -0.2) is 0 Å². The van der Waals surface area contributed by atoms with E-state index in [0.717, 1.165) is 49.4 Å². The molecule has 1 unspecified atom stereocenters. The minimum absolute atomic E-state index is 0.128. The summed E-state index contributed by atoms with van der Waals surface area (Å²) in [5.74, 6) is 1.12. The molecule has 1 aliphatic carbocycles. The van der Waals surface area contributed by atoms with Crippen molar-refractivity contribution in [1.29, 1.82) is 0 Å². The van der Waals surface area contributed by atoms with Gasteiger partial charge in [0.25, 0.3) is 0 Å². The smallest absolute Gasteiger partial charge is 0.317 e. The third-order valence-electron chi connectivity index (χ3n) is 5.23. The third kappa shape index (κ3) is 4.07. The van der Waals surface area contributed by atoms with Gasteiger partial charge in [0.2, 0.25) is 0 Å². The van der Waals surface area contributed by atoms with Gasteiger partial charge < -0.3 is 19.9 Å². The second-order valence-electron chi connectivity index (χ2n) is 7.07. The SMILES string of the molecule is CCN(CC(=O)O)C1CC(NCc2cc(OC)cc3c2OC(C)C3)C1. The van der Waals surface area contributed by atoms with Gasteiger partial charge in [0.1, 0.15) is 17.6 Å². The number of hydrogen-bond acceptors (Lipinski definition) is 5. The summed E-state index contributed by atoms with van der Waals surface area (Å²) >= 11 is 0. The molecule has 6 nitrogen and oxygen atoms in total. The van der Waals surface area contributed by atoms with E-state index < -0.39 is 5.97 Å². The lowest BCUT2D eigenvalue weighted by atomic mass is 9.85. The zero-order valence-corrected chi connectivity index (χ0v) is 15.2. The van der Waals surface area contributed by atoms with Gasteiger partial charge in [-0.1, -0.05) is 6.92 Å². The molecule has 2 aliphatic rings. The molecule has 0 bridgehead atoms. The largest absolute Gasteiger partial charge is 0.497 e. The molecule has 1 aromatic carbocycles. The average molecular weight is 348 g/mol. The van der Waals surface area contributed by atoms with Crippen LogP contribution in [-0.2, 0) is 17.8 Å². The molecular formula is C19H28N2O4. The maximum atomic E-state index is 10.9. The molecule has 3 rings (SSSR count). The Morgan fingerprint density at radius 2 is 2.20 bits per heavy atom. The van der Waals surface area contributed by atoms with Crippen molar-refractivity contribution in [2.45, 2.75) is 57.8 Å². The summed E-state index contributed by atoms with van der Waals surface area (Å²) < 4.78 is 11.4. The zero-order chi connectivity index (χ0) is 18.0. The van der Waals surface area contributed by atoms with Crippen LogP contribution >= 0.6 is 0 Å². The number of ether oxygens (including phenoxy) is 2. The molecule has 25 heavy (non-hydrogen) atoms. The normalized spacial score (nSPS) is 24.6. The number of methoxy groups -OCH3 is 1. The second-order valence-corrected chi connectivity index (χ2v) is 7.07. The Balaban J connectivity index is 1.55. The Labute approximate surface area is 149 Å². The molecular weight excluding hydrogens is 320 g/mol. The fraction of sp³-hybridized carbons (Fsp3) is 0.632. The molecule has 138 valence electrons. The van der Waals surface area contributed by atoms with Crippen molar-refractivity contribution in [3.05, 3.63) is 23.3 Å². The number of rotatable bonds is 8. The first-order valence-corrected chi connectivity index (χ1v) is 9.05. The van der Waals surface area contributed by atoms with E-state index in [1.54, 1.807) is 7.11 Å². The van der Waals surface area contributed by atoms with E-state index in [1.165, 1.54) is 5.56 Å². The van der Waals surface area contributed by atoms with Crippen LogP contribution in [0.15, 0.2) is 12.1 Å². The topological polar surface area (TPSA) is 71.0 Å². The van der Waals surface area contributed by atoms with Crippen LogP contribution < -0.4 is 14.8 Å². The van der Waals surface area contributed by atoms with Gasteiger partial charge in [-0.2, -0.15) is 0 Å². The van der Waals surface area contributed by atoms with Crippen LogP contribution in [0.5, 0.6) is 11.5 Å². The maximum absolute atomic E-state index is 10.9. The van der Waals surface area contributed by atoms with Crippen molar-refractivity contribution in [3.8, 4) is 11.5 Å². The van der Waals surface area contributed by atoms with E-state index in [2.05, 4.69) is 18.3 Å². The number of aliphatic carboxylic acids is 1. The van der Waals surface area contributed by atoms with Crippen LogP contribution in [0, 0.1) is 0 Å². The molecule has 0 amide bonds. The van der Waals surface area contributed by atoms with E-state index >= 15 is 0 Å². The third-order valence-corrected chi connectivity index (χ3v) is 5.23. The molecule has 0 spiro atoms. The highest BCUT2D eigenvalue weighted by Gasteiger charge is 2.33. The van der Waals surface area contributed by atoms with Gasteiger partial charge in [-0.05, 0) is 38.4 Å². The predicted molar refractivity (Wildman–Crippen MR) is 95.3 cm³/mol. The van der Waals surface area contributed by atoms with E-state index in [1.807, 2.05) is 17.9 Å². The minimum Gasteiger partial charge on any atom is -0.497 e. The molecule has 0 aromatic heterocycles. The van der Waals surface area contributed by atoms with Crippen molar-refractivity contribution in [1.82, 2.24) is 10.2 Å². The van der Waals surface area contributed by atoms with Crippen molar-refractivity contribution >= 4 is 5.97 Å². The summed E-state index contributed by atoms with van der Waals surface area (Å²) in [5, 5.41) is 12.6. The number of benzene rings is 1. The van der Waals surface area contributed by atoms with Crippen LogP contribution in [0.3, 0.4) is 0 Å². The van der Waals surface area contributed by atoms with Gasteiger partial charge in [-0.15, -0.1) is 0 Å². The summed E-state index contributed by atoms with van der Waals surface area (Å²) in [6, 6.07) is 4.90. The number of carboxylic acids is 1. The van der Waals surface area contributed by atoms with E-state index in [9.17, 15) is 4.79 Å². The molecule has 1 aliphatic heterocycles. The monoisotopic (exact) mass is 348 g/mol. The number of fused-ring (bicyclic) bond motifs is 1. The molecule has 2 N–H and O–H groups in total. The Hall–Kier alpha value is -1.79. The number of hydrogen-bond donors (Lipinski definition) is 2. The molecule has 1 aromatic rings. The summed E-state index contributed by atoms with van der Waals surface area (Å²) in [6.07, 6.45) is 3.11. The van der Waals surface area contributed by atoms with Gasteiger partial charge in [-0.3, -0.25) is 9.69 Å². The summed E-state index contributed by atoms with van der Waals surface area (Å²) in [6.45, 7) is 5.75. The van der Waals surface area contributed by atoms with Crippen molar-refractivity contribution < 1.29 is 19.4 Å². The van der Waals surface area contributed by atoms with Gasteiger partial charge >= 0.3 is 5.97 Å². The number of carboxylic acid groups (broad SMARTS) is 1. The molecule has 0 saturated heterocycles. The molecule has 1 fully saturated rings. The second kappa shape index (κ2) is 7.62. The average Bonchev–Trinajstić information content (AvgIpc) is 2.91. The van der Waals surface area contributed by atoms with Crippen molar-refractivity contribution in [3.63, 3.8) is 0 Å². The summed E-state index contributed by atoms with van der Waals surface area (Å²) in [5.41, 5.74) is 2.36. The lowest BCUT2D eigenvalue weighted by molar-refractivity contribution is -0.139. The highest BCUT2D eigenvalue weighted by Crippen LogP contribution is 2.36. The first kappa shape index (κ1) is 18.0. The number of nitrogens with one attached hydrogen (secondary N) is 1. The Morgan fingerprint density at radius 1 is 1.44 bits per heavy atom. The maximum Gasteiger partial charge on any atom is 0.317 e. The van der Waals surface area contributed by atoms with Gasteiger partial charge in [0.05, 0.1) is 13.7 Å². The zero-order valence-electron chi connectivity index (χ0n) is 15.2. The van der Waals surface area contributed by atoms with Crippen LogP contribution in [0.1, 0.15) is 37.8 Å². The fourth-order valence-corrected chi connectivity index (χ4v) is 3.81. The highest BCUT2D eigenvalue weighted by atomic mass is 16.5. The molecule has 0 radical (unpaired) electrons. The van der Waals surface area contributed by atoms with Crippen LogP contribution in [0.4, 0.5) is 0 Å². The van der Waals surface area contributed by atoms with Crippen LogP contribution in [-0.4, -0.2) is 54.4 Å². The standard InChI is InChI=1S/C19H28N2O4/c1-4-21(11-18(22)23)16-8-15(9-16)20-10-14-7-17(24-3)6-13-5-12(2)25-19(13)14/h6-7,12,15-16,20H,4-5,8-11H2,1-3H3,(H,22,23). The first-order chi connectivity index (χ1) is 12.0. The minimum atomic E-state index is -0.753. The quantitative estimate of drug-likeness (QED) is 0.749. The van der Waals surface area contributed by atoms with E-state index in [-0.39, 0.29) is 12.6 Å². The van der Waals surface area contributed by atoms with E-state index in [0.29, 0.717) is 12.1 Å². The van der Waals surface area contributed by atoms with Crippen molar-refractivity contribution in [2.75, 3.05) is 20.2 Å². The Bertz CT molecular complexity index is 628. The number of carbonyl (C=O) groups is 1. The predicted octanol–water partition coefficient (Wildman–Crippen LogP) is 2.05. The molecule has 6 heteroatoms. The lowest BCUT2D eigenvalue weighted by Crippen LogP contribution is -2.53. The Morgan fingerprint density at radius 3 is 2.84 bits per heavy atom. The first-order valence-electron chi connectivity index (χ1n) is 9.05. The number of nitrogens with zero attached hydrogens (tertiary/aromatic N) is 1. The highest BCUT2D eigenvalue weighted by molar-refractivity contribution is 5.69. The van der Waals surface area contributed by atoms with Crippen molar-refractivity contribution in [2.24, 2.45) is 0 Å². The van der Waals surface area contributed by atoms with Gasteiger partial charge in [0.15, 0.2) is 0 Å². The van der Waals surface area contributed by atoms with Crippen LogP contribution in [0.2, 0.25) is 0 Å². The Kier molecular flexibility index (Phi) is 5.49. The molecule has 1 atom stereocenters. The number of likely N-dealkylation sites (N-methyl/N-ethyl adjacent to an activating group) is 1. The lowest BCUT2D eigenvalue weighted by Gasteiger charge is -2.42. The van der Waals surface area contributed by atoms with Gasteiger partial charge in [0, 0.05) is 36.2 Å². The molecule has 1 heterocycles.